The van der Waals surface area contributed by atoms with Gasteiger partial charge in [0.2, 0.25) is 0 Å². The van der Waals surface area contributed by atoms with Crippen LogP contribution in [0.1, 0.15) is 10.6 Å². The zero-order valence-corrected chi connectivity index (χ0v) is 11.2. The average molecular weight is 297 g/mol. The second-order valence-electron chi connectivity index (χ2n) is 3.68. The molecule has 2 rings (SSSR count). The Morgan fingerprint density at radius 1 is 1.31 bits per heavy atom. The summed E-state index contributed by atoms with van der Waals surface area (Å²) in [4.78, 5) is 5.59. The number of hydrogen-bond donors (Lipinski definition) is 1. The molecule has 0 saturated carbocycles. The summed E-state index contributed by atoms with van der Waals surface area (Å²) in [5.41, 5.74) is 7.17. The van der Waals surface area contributed by atoms with Gasteiger partial charge in [-0.1, -0.05) is 6.07 Å². The van der Waals surface area contributed by atoms with Crippen molar-refractivity contribution in [2.24, 2.45) is 5.73 Å². The summed E-state index contributed by atoms with van der Waals surface area (Å²) in [6.45, 7) is 0. The summed E-state index contributed by atoms with van der Waals surface area (Å²) in [5.74, 6) is 0. The molecule has 2 heterocycles. The van der Waals surface area contributed by atoms with Gasteiger partial charge in [0.25, 0.3) is 0 Å². The molecule has 84 valence electrons. The Morgan fingerprint density at radius 3 is 2.81 bits per heavy atom. The molecule has 2 N–H and O–H groups in total. The Labute approximate surface area is 108 Å². The van der Waals surface area contributed by atoms with Crippen molar-refractivity contribution < 1.29 is 0 Å². The number of hydrogen-bond acceptors (Lipinski definition) is 3. The normalized spacial score (nSPS) is 12.6. The summed E-state index contributed by atoms with van der Waals surface area (Å²) < 4.78 is 1.16. The number of thiophene rings is 1. The van der Waals surface area contributed by atoms with Gasteiger partial charge in [-0.05, 0) is 45.9 Å². The van der Waals surface area contributed by atoms with E-state index in [4.69, 9.17) is 5.73 Å². The van der Waals surface area contributed by atoms with Crippen LogP contribution >= 0.6 is 27.3 Å². The molecule has 1 atom stereocenters. The molecule has 0 aliphatic rings. The van der Waals surface area contributed by atoms with Crippen LogP contribution in [0.3, 0.4) is 0 Å². The first-order valence-electron chi connectivity index (χ1n) is 5.13. The number of halogens is 1. The topological polar surface area (TPSA) is 38.9 Å². The quantitative estimate of drug-likeness (QED) is 0.942. The van der Waals surface area contributed by atoms with E-state index in [0.717, 1.165) is 23.0 Å². The minimum atomic E-state index is 0.129. The molecule has 16 heavy (non-hydrogen) atoms. The Kier molecular flexibility index (Phi) is 4.09. The van der Waals surface area contributed by atoms with Crippen LogP contribution in [-0.2, 0) is 12.8 Å². The lowest BCUT2D eigenvalue weighted by Crippen LogP contribution is -2.25. The Balaban J connectivity index is 1.95. The molecule has 2 aromatic heterocycles. The number of nitrogens with zero attached hydrogens (tertiary/aromatic N) is 1. The Morgan fingerprint density at radius 2 is 2.19 bits per heavy atom. The third kappa shape index (κ3) is 3.14. The maximum atomic E-state index is 6.11. The molecule has 0 spiro atoms. The first-order chi connectivity index (χ1) is 7.75. The van der Waals surface area contributed by atoms with E-state index in [1.165, 1.54) is 4.88 Å². The van der Waals surface area contributed by atoms with Gasteiger partial charge < -0.3 is 5.73 Å². The van der Waals surface area contributed by atoms with Gasteiger partial charge in [-0.25, -0.2) is 0 Å². The third-order valence-electron chi connectivity index (χ3n) is 2.34. The maximum absolute atomic E-state index is 6.11. The fourth-order valence-corrected chi connectivity index (χ4v) is 3.18. The van der Waals surface area contributed by atoms with E-state index in [1.54, 1.807) is 11.3 Å². The molecule has 0 saturated heterocycles. The van der Waals surface area contributed by atoms with E-state index >= 15 is 0 Å². The number of pyridine rings is 1. The monoisotopic (exact) mass is 296 g/mol. The lowest BCUT2D eigenvalue weighted by molar-refractivity contribution is 0.658. The van der Waals surface area contributed by atoms with E-state index in [-0.39, 0.29) is 6.04 Å². The lowest BCUT2D eigenvalue weighted by Gasteiger charge is -2.10. The van der Waals surface area contributed by atoms with Crippen LogP contribution < -0.4 is 5.73 Å². The maximum Gasteiger partial charge on any atom is 0.0419 e. The van der Waals surface area contributed by atoms with Crippen molar-refractivity contribution in [3.05, 3.63) is 50.9 Å². The average Bonchev–Trinajstić information content (AvgIpc) is 2.66. The van der Waals surface area contributed by atoms with Crippen molar-refractivity contribution in [1.29, 1.82) is 0 Å². The summed E-state index contributed by atoms with van der Waals surface area (Å²) >= 11 is 5.26. The zero-order valence-electron chi connectivity index (χ0n) is 8.77. The molecular weight excluding hydrogens is 284 g/mol. The number of rotatable bonds is 4. The van der Waals surface area contributed by atoms with Gasteiger partial charge in [-0.3, -0.25) is 4.98 Å². The second kappa shape index (κ2) is 5.57. The van der Waals surface area contributed by atoms with E-state index in [2.05, 4.69) is 32.4 Å². The number of nitrogens with two attached hydrogens (primary N) is 1. The first-order valence-corrected chi connectivity index (χ1v) is 6.80. The molecule has 0 aliphatic carbocycles. The smallest absolute Gasteiger partial charge is 0.0419 e. The molecule has 0 aromatic carbocycles. The first kappa shape index (κ1) is 11.8. The Bertz CT molecular complexity index is 441. The molecule has 0 radical (unpaired) electrons. The number of aromatic nitrogens is 1. The molecule has 1 unspecified atom stereocenters. The van der Waals surface area contributed by atoms with Crippen molar-refractivity contribution in [3.63, 3.8) is 0 Å². The molecule has 0 aliphatic heterocycles. The van der Waals surface area contributed by atoms with E-state index in [1.807, 2.05) is 24.4 Å². The van der Waals surface area contributed by atoms with Crippen LogP contribution in [-0.4, -0.2) is 11.0 Å². The minimum absolute atomic E-state index is 0.129. The molecule has 4 heteroatoms. The molecule has 2 nitrogen and oxygen atoms in total. The van der Waals surface area contributed by atoms with Gasteiger partial charge in [0.1, 0.15) is 0 Å². The van der Waals surface area contributed by atoms with Crippen molar-refractivity contribution in [2.75, 3.05) is 0 Å². The second-order valence-corrected chi connectivity index (χ2v) is 5.54. The SMILES string of the molecule is NC(Cc1ccccn1)Cc1sccc1Br. The highest BCUT2D eigenvalue weighted by molar-refractivity contribution is 9.10. The minimum Gasteiger partial charge on any atom is -0.327 e. The zero-order chi connectivity index (χ0) is 11.4. The van der Waals surface area contributed by atoms with E-state index in [9.17, 15) is 0 Å². The third-order valence-corrected chi connectivity index (χ3v) is 4.28. The van der Waals surface area contributed by atoms with Gasteiger partial charge in [0.05, 0.1) is 0 Å². The van der Waals surface area contributed by atoms with E-state index < -0.39 is 0 Å². The standard InChI is InChI=1S/C12H13BrN2S/c13-11-4-6-16-12(11)8-9(14)7-10-3-1-2-5-15-10/h1-6,9H,7-8,14H2. The highest BCUT2D eigenvalue weighted by atomic mass is 79.9. The van der Waals surface area contributed by atoms with Gasteiger partial charge >= 0.3 is 0 Å². The molecule has 0 bridgehead atoms. The van der Waals surface area contributed by atoms with Crippen molar-refractivity contribution in [1.82, 2.24) is 4.98 Å². The van der Waals surface area contributed by atoms with Gasteiger partial charge in [0, 0.05) is 33.7 Å². The predicted octanol–water partition coefficient (Wildman–Crippen LogP) is 3.02. The van der Waals surface area contributed by atoms with Crippen LogP contribution in [0.15, 0.2) is 40.3 Å². The fourth-order valence-electron chi connectivity index (χ4n) is 1.57. The summed E-state index contributed by atoms with van der Waals surface area (Å²) in [6.07, 6.45) is 3.53. The van der Waals surface area contributed by atoms with Crippen LogP contribution in [0, 0.1) is 0 Å². The van der Waals surface area contributed by atoms with Crippen molar-refractivity contribution in [2.45, 2.75) is 18.9 Å². The molecule has 2 aromatic rings. The molecule has 0 fully saturated rings. The van der Waals surface area contributed by atoms with Crippen molar-refractivity contribution >= 4 is 27.3 Å². The summed E-state index contributed by atoms with van der Waals surface area (Å²) in [5, 5.41) is 2.08. The van der Waals surface area contributed by atoms with E-state index in [0.29, 0.717) is 0 Å². The lowest BCUT2D eigenvalue weighted by atomic mass is 10.1. The van der Waals surface area contributed by atoms with Crippen LogP contribution in [0.4, 0.5) is 0 Å². The molecular formula is C12H13BrN2S. The van der Waals surface area contributed by atoms with Gasteiger partial charge in [0.15, 0.2) is 0 Å². The fraction of sp³-hybridized carbons (Fsp3) is 0.250. The summed E-state index contributed by atoms with van der Waals surface area (Å²) in [7, 11) is 0. The predicted molar refractivity (Wildman–Crippen MR) is 71.6 cm³/mol. The van der Waals surface area contributed by atoms with Crippen LogP contribution in [0.2, 0.25) is 0 Å². The Hall–Kier alpha value is -0.710. The van der Waals surface area contributed by atoms with Gasteiger partial charge in [-0.15, -0.1) is 11.3 Å². The largest absolute Gasteiger partial charge is 0.327 e. The van der Waals surface area contributed by atoms with Crippen LogP contribution in [0.25, 0.3) is 0 Å². The highest BCUT2D eigenvalue weighted by Gasteiger charge is 2.09. The van der Waals surface area contributed by atoms with Crippen molar-refractivity contribution in [3.8, 4) is 0 Å². The van der Waals surface area contributed by atoms with Gasteiger partial charge in [-0.2, -0.15) is 0 Å². The van der Waals surface area contributed by atoms with Crippen LogP contribution in [0.5, 0.6) is 0 Å². The molecule has 0 amide bonds. The summed E-state index contributed by atoms with van der Waals surface area (Å²) in [6, 6.07) is 8.13. The highest BCUT2D eigenvalue weighted by Crippen LogP contribution is 2.24.